The molecule has 0 saturated carbocycles. The first-order valence-corrected chi connectivity index (χ1v) is 10.6. The van der Waals surface area contributed by atoms with Gasteiger partial charge in [-0.2, -0.15) is 0 Å². The van der Waals surface area contributed by atoms with E-state index in [0.29, 0.717) is 25.7 Å². The highest BCUT2D eigenvalue weighted by Gasteiger charge is 2.53. The first kappa shape index (κ1) is 24.8. The molecule has 0 spiro atoms. The van der Waals surface area contributed by atoms with Crippen LogP contribution in [0, 0.1) is 5.41 Å². The van der Waals surface area contributed by atoms with Crippen LogP contribution in [0.3, 0.4) is 0 Å². The van der Waals surface area contributed by atoms with Crippen molar-refractivity contribution in [2.75, 3.05) is 0 Å². The second-order valence-electron chi connectivity index (χ2n) is 7.63. The zero-order chi connectivity index (χ0) is 19.3. The summed E-state index contributed by atoms with van der Waals surface area (Å²) in [6, 6.07) is 0. The SMILES string of the molecule is CCCCC(O)C(C(O)CCCC)(C(O)CCCC)C(O)CCCC. The van der Waals surface area contributed by atoms with Gasteiger partial charge in [0.1, 0.15) is 0 Å². The molecule has 4 heteroatoms. The minimum atomic E-state index is -1.24. The Morgan fingerprint density at radius 1 is 0.480 bits per heavy atom. The van der Waals surface area contributed by atoms with Gasteiger partial charge in [0.2, 0.25) is 0 Å². The van der Waals surface area contributed by atoms with E-state index < -0.39 is 29.8 Å². The van der Waals surface area contributed by atoms with Crippen LogP contribution in [0.5, 0.6) is 0 Å². The van der Waals surface area contributed by atoms with Crippen molar-refractivity contribution in [2.45, 2.75) is 129 Å². The average Bonchev–Trinajstić information content (AvgIpc) is 2.61. The Morgan fingerprint density at radius 2 is 0.680 bits per heavy atom. The van der Waals surface area contributed by atoms with E-state index in [1.54, 1.807) is 0 Å². The fraction of sp³-hybridized carbons (Fsp3) is 1.00. The zero-order valence-corrected chi connectivity index (χ0v) is 17.1. The summed E-state index contributed by atoms with van der Waals surface area (Å²) < 4.78 is 0. The standard InChI is InChI=1S/C21H44O4/c1-5-9-13-17(22)21(18(23)14-10-6-2,19(24)15-11-7-3)20(25)16-12-8-4/h17-20,22-25H,5-16H2,1-4H3. The maximum Gasteiger partial charge on any atom is 0.0739 e. The van der Waals surface area contributed by atoms with Crippen molar-refractivity contribution in [2.24, 2.45) is 5.41 Å². The van der Waals surface area contributed by atoms with Gasteiger partial charge in [-0.25, -0.2) is 0 Å². The van der Waals surface area contributed by atoms with Gasteiger partial charge in [-0.05, 0) is 25.7 Å². The summed E-state index contributed by atoms with van der Waals surface area (Å²) in [6.45, 7) is 8.23. The van der Waals surface area contributed by atoms with Crippen LogP contribution in [0.2, 0.25) is 0 Å². The van der Waals surface area contributed by atoms with E-state index >= 15 is 0 Å². The highest BCUT2D eigenvalue weighted by molar-refractivity contribution is 5.02. The Bertz CT molecular complexity index is 247. The van der Waals surface area contributed by atoms with E-state index in [1.165, 1.54) is 0 Å². The lowest BCUT2D eigenvalue weighted by Crippen LogP contribution is -2.60. The Hall–Kier alpha value is -0.160. The molecule has 0 amide bonds. The van der Waals surface area contributed by atoms with Gasteiger partial charge in [0.25, 0.3) is 0 Å². The summed E-state index contributed by atoms with van der Waals surface area (Å²) in [5.74, 6) is 0. The molecule has 0 saturated heterocycles. The molecule has 0 aromatic carbocycles. The minimum absolute atomic E-state index is 0.506. The Labute approximate surface area is 155 Å². The van der Waals surface area contributed by atoms with Gasteiger partial charge in [0, 0.05) is 0 Å². The van der Waals surface area contributed by atoms with Crippen LogP contribution in [0.15, 0.2) is 0 Å². The molecule has 0 heterocycles. The molecule has 0 aromatic rings. The highest BCUT2D eigenvalue weighted by atomic mass is 16.3. The molecule has 4 atom stereocenters. The van der Waals surface area contributed by atoms with Crippen molar-refractivity contribution in [3.8, 4) is 0 Å². The molecule has 0 rings (SSSR count). The van der Waals surface area contributed by atoms with E-state index in [9.17, 15) is 20.4 Å². The van der Waals surface area contributed by atoms with E-state index in [1.807, 2.05) is 0 Å². The smallest absolute Gasteiger partial charge is 0.0739 e. The Balaban J connectivity index is 5.71. The number of hydrogen-bond donors (Lipinski definition) is 4. The molecule has 0 aliphatic rings. The van der Waals surface area contributed by atoms with Crippen LogP contribution in [-0.4, -0.2) is 44.8 Å². The topological polar surface area (TPSA) is 80.9 Å². The van der Waals surface area contributed by atoms with Crippen LogP contribution >= 0.6 is 0 Å². The predicted octanol–water partition coefficient (Wildman–Crippen LogP) is 4.18. The first-order chi connectivity index (χ1) is 11.9. The minimum Gasteiger partial charge on any atom is -0.392 e. The van der Waals surface area contributed by atoms with Gasteiger partial charge in [-0.15, -0.1) is 0 Å². The van der Waals surface area contributed by atoms with E-state index in [-0.39, 0.29) is 0 Å². The second kappa shape index (κ2) is 14.0. The maximum absolute atomic E-state index is 11.0. The quantitative estimate of drug-likeness (QED) is 0.333. The third-order valence-electron chi connectivity index (χ3n) is 5.63. The number of hydrogen-bond acceptors (Lipinski definition) is 4. The van der Waals surface area contributed by atoms with E-state index in [0.717, 1.165) is 51.4 Å². The Morgan fingerprint density at radius 3 is 0.840 bits per heavy atom. The molecule has 0 radical (unpaired) electrons. The molecule has 0 bridgehead atoms. The van der Waals surface area contributed by atoms with Gasteiger partial charge in [-0.3, -0.25) is 0 Å². The van der Waals surface area contributed by atoms with E-state index in [2.05, 4.69) is 27.7 Å². The van der Waals surface area contributed by atoms with Crippen LogP contribution in [0.1, 0.15) is 105 Å². The number of aliphatic hydroxyl groups excluding tert-OH is 4. The molecule has 4 unspecified atom stereocenters. The van der Waals surface area contributed by atoms with Crippen molar-refractivity contribution < 1.29 is 20.4 Å². The largest absolute Gasteiger partial charge is 0.392 e. The molecule has 4 N–H and O–H groups in total. The molecule has 0 aromatic heterocycles. The molecule has 25 heavy (non-hydrogen) atoms. The lowest BCUT2D eigenvalue weighted by Gasteiger charge is -2.49. The van der Waals surface area contributed by atoms with Crippen molar-refractivity contribution in [1.82, 2.24) is 0 Å². The summed E-state index contributed by atoms with van der Waals surface area (Å²) in [6.07, 6.45) is 5.51. The lowest BCUT2D eigenvalue weighted by molar-refractivity contribution is -0.201. The summed E-state index contributed by atoms with van der Waals surface area (Å²) in [4.78, 5) is 0. The third kappa shape index (κ3) is 7.16. The molecule has 4 nitrogen and oxygen atoms in total. The number of rotatable bonds is 16. The van der Waals surface area contributed by atoms with Crippen LogP contribution < -0.4 is 0 Å². The molecular weight excluding hydrogens is 316 g/mol. The molecule has 0 aliphatic heterocycles. The second-order valence-corrected chi connectivity index (χ2v) is 7.63. The molecule has 0 aliphatic carbocycles. The van der Waals surface area contributed by atoms with Gasteiger partial charge >= 0.3 is 0 Å². The lowest BCUT2D eigenvalue weighted by atomic mass is 9.63. The number of aliphatic hydroxyl groups is 4. The summed E-state index contributed by atoms with van der Waals surface area (Å²) in [7, 11) is 0. The highest BCUT2D eigenvalue weighted by Crippen LogP contribution is 2.43. The predicted molar refractivity (Wildman–Crippen MR) is 105 cm³/mol. The summed E-state index contributed by atoms with van der Waals surface area (Å²) in [5, 5.41) is 44.1. The molecule has 152 valence electrons. The van der Waals surface area contributed by atoms with Crippen LogP contribution in [-0.2, 0) is 0 Å². The average molecular weight is 361 g/mol. The van der Waals surface area contributed by atoms with E-state index in [4.69, 9.17) is 0 Å². The normalized spacial score (nSPS) is 19.2. The van der Waals surface area contributed by atoms with Crippen LogP contribution in [0.25, 0.3) is 0 Å². The molecule has 0 fully saturated rings. The van der Waals surface area contributed by atoms with Gasteiger partial charge in [0.15, 0.2) is 0 Å². The maximum atomic E-state index is 11.0. The van der Waals surface area contributed by atoms with Gasteiger partial charge < -0.3 is 20.4 Å². The first-order valence-electron chi connectivity index (χ1n) is 10.6. The monoisotopic (exact) mass is 360 g/mol. The van der Waals surface area contributed by atoms with Crippen molar-refractivity contribution >= 4 is 0 Å². The third-order valence-corrected chi connectivity index (χ3v) is 5.63. The van der Waals surface area contributed by atoms with Crippen molar-refractivity contribution in [3.05, 3.63) is 0 Å². The summed E-state index contributed by atoms with van der Waals surface area (Å²) in [5.41, 5.74) is -1.24. The molecular formula is C21H44O4. The van der Waals surface area contributed by atoms with Crippen LogP contribution in [0.4, 0.5) is 0 Å². The number of unbranched alkanes of at least 4 members (excludes halogenated alkanes) is 4. The zero-order valence-electron chi connectivity index (χ0n) is 17.1. The van der Waals surface area contributed by atoms with Gasteiger partial charge in [-0.1, -0.05) is 79.1 Å². The fourth-order valence-corrected chi connectivity index (χ4v) is 3.92. The van der Waals surface area contributed by atoms with Crippen molar-refractivity contribution in [1.29, 1.82) is 0 Å². The Kier molecular flexibility index (Phi) is 13.9. The van der Waals surface area contributed by atoms with Gasteiger partial charge in [0.05, 0.1) is 29.8 Å². The van der Waals surface area contributed by atoms with Crippen molar-refractivity contribution in [3.63, 3.8) is 0 Å². The summed E-state index contributed by atoms with van der Waals surface area (Å²) >= 11 is 0. The fourth-order valence-electron chi connectivity index (χ4n) is 3.92.